The van der Waals surface area contributed by atoms with Gasteiger partial charge in [0.25, 0.3) is 0 Å². The largest absolute Gasteiger partial charge is 0.372 e. The molecule has 1 amide bonds. The van der Waals surface area contributed by atoms with E-state index in [9.17, 15) is 4.79 Å². The van der Waals surface area contributed by atoms with Crippen LogP contribution in [0, 0.1) is 5.92 Å². The van der Waals surface area contributed by atoms with Gasteiger partial charge in [-0.05, 0) is 24.8 Å². The summed E-state index contributed by atoms with van der Waals surface area (Å²) in [5, 5.41) is 2.94. The second kappa shape index (κ2) is 4.60. The number of hydrogen-bond acceptors (Lipinski definition) is 2. The van der Waals surface area contributed by atoms with Crippen molar-refractivity contribution in [2.75, 3.05) is 6.61 Å². The van der Waals surface area contributed by atoms with Gasteiger partial charge in [0.2, 0.25) is 5.91 Å². The Labute approximate surface area is 87.0 Å². The van der Waals surface area contributed by atoms with Crippen molar-refractivity contribution in [3.05, 3.63) is 12.2 Å². The number of carbonyl (C=O) groups is 1. The number of rotatable bonds is 2. The van der Waals surface area contributed by atoms with Crippen molar-refractivity contribution in [1.29, 1.82) is 0 Å². The molecule has 1 rings (SSSR count). The average molecular weight is 199 g/mol. The number of amides is 1. The summed E-state index contributed by atoms with van der Waals surface area (Å²) in [5.74, 6) is 0.452. The maximum atomic E-state index is 11.0. The third kappa shape index (κ3) is 2.58. The fourth-order valence-corrected chi connectivity index (χ4v) is 1.86. The van der Waals surface area contributed by atoms with E-state index in [2.05, 4.69) is 18.8 Å². The molecular weight excluding hydrogens is 178 g/mol. The number of nitrogens with one attached hydrogen (secondary N) is 1. The molecule has 0 unspecified atom stereocenters. The molecule has 0 spiro atoms. The van der Waals surface area contributed by atoms with Gasteiger partial charge in [-0.3, -0.25) is 4.79 Å². The molecule has 0 bridgehead atoms. The Morgan fingerprint density at radius 1 is 1.57 bits per heavy atom. The van der Waals surface area contributed by atoms with Gasteiger partial charge in [-0.2, -0.15) is 0 Å². The first-order chi connectivity index (χ1) is 6.52. The first-order valence-corrected chi connectivity index (χ1v) is 5.06. The Morgan fingerprint density at radius 3 is 2.71 bits per heavy atom. The molecule has 1 fully saturated rings. The average Bonchev–Trinajstić information content (AvgIpc) is 2.07. The highest BCUT2D eigenvalue weighted by atomic mass is 16.5. The van der Waals surface area contributed by atoms with E-state index in [0.29, 0.717) is 5.92 Å². The smallest absolute Gasteiger partial charge is 0.217 e. The third-order valence-corrected chi connectivity index (χ3v) is 2.67. The quantitative estimate of drug-likeness (QED) is 0.688. The zero-order valence-electron chi connectivity index (χ0n) is 9.17. The summed E-state index contributed by atoms with van der Waals surface area (Å²) in [6, 6.07) is 0.0822. The molecular formula is C11H21NO2. The second-order valence-corrected chi connectivity index (χ2v) is 4.13. The molecule has 1 aliphatic rings. The van der Waals surface area contributed by atoms with E-state index in [1.54, 1.807) is 0 Å². The maximum Gasteiger partial charge on any atom is 0.217 e. The standard InChI is InChI=1S/C11H19NO2.H2/c1-7(2)11-10(12-9(4)13)8(3)5-6-14-11;/h8,10-11H,1,5-6H2,2-4H3,(H,12,13);1H/t8-,10+,11+;/m0./s1. The van der Waals surface area contributed by atoms with Crippen LogP contribution in [0.3, 0.4) is 0 Å². The Hall–Kier alpha value is -0.830. The lowest BCUT2D eigenvalue weighted by molar-refractivity contribution is -0.122. The van der Waals surface area contributed by atoms with Crippen LogP contribution < -0.4 is 5.32 Å². The van der Waals surface area contributed by atoms with E-state index in [4.69, 9.17) is 4.74 Å². The maximum absolute atomic E-state index is 11.0. The first kappa shape index (κ1) is 11.2. The van der Waals surface area contributed by atoms with Crippen LogP contribution >= 0.6 is 0 Å². The Morgan fingerprint density at radius 2 is 2.21 bits per heavy atom. The normalized spacial score (nSPS) is 32.4. The topological polar surface area (TPSA) is 38.3 Å². The lowest BCUT2D eigenvalue weighted by Gasteiger charge is -2.37. The molecule has 0 radical (unpaired) electrons. The molecule has 82 valence electrons. The monoisotopic (exact) mass is 199 g/mol. The summed E-state index contributed by atoms with van der Waals surface area (Å²) in [5.41, 5.74) is 0.982. The summed E-state index contributed by atoms with van der Waals surface area (Å²) in [7, 11) is 0. The van der Waals surface area contributed by atoms with Crippen molar-refractivity contribution < 1.29 is 11.0 Å². The van der Waals surface area contributed by atoms with Crippen LogP contribution in [0.2, 0.25) is 0 Å². The van der Waals surface area contributed by atoms with Crippen molar-refractivity contribution in [3.8, 4) is 0 Å². The molecule has 1 N–H and O–H groups in total. The Bertz CT molecular complexity index is 243. The van der Waals surface area contributed by atoms with Crippen molar-refractivity contribution in [3.63, 3.8) is 0 Å². The number of hydrogen-bond donors (Lipinski definition) is 1. The predicted molar refractivity (Wildman–Crippen MR) is 58.1 cm³/mol. The van der Waals surface area contributed by atoms with Gasteiger partial charge in [-0.25, -0.2) is 0 Å². The molecule has 3 atom stereocenters. The van der Waals surface area contributed by atoms with Crippen LogP contribution in [-0.2, 0) is 9.53 Å². The zero-order valence-corrected chi connectivity index (χ0v) is 9.17. The lowest BCUT2D eigenvalue weighted by Crippen LogP contribution is -2.51. The molecule has 3 nitrogen and oxygen atoms in total. The summed E-state index contributed by atoms with van der Waals surface area (Å²) in [6.45, 7) is 10.3. The predicted octanol–water partition coefficient (Wildman–Crippen LogP) is 1.74. The van der Waals surface area contributed by atoms with Gasteiger partial charge in [0, 0.05) is 15.0 Å². The molecule has 1 saturated heterocycles. The van der Waals surface area contributed by atoms with Gasteiger partial charge in [0.1, 0.15) is 0 Å². The van der Waals surface area contributed by atoms with Gasteiger partial charge >= 0.3 is 0 Å². The fourth-order valence-electron chi connectivity index (χ4n) is 1.86. The molecule has 0 aromatic carbocycles. The van der Waals surface area contributed by atoms with E-state index in [1.165, 1.54) is 6.92 Å². The van der Waals surface area contributed by atoms with Crippen LogP contribution in [0.1, 0.15) is 28.6 Å². The van der Waals surface area contributed by atoms with Crippen LogP contribution in [0.25, 0.3) is 0 Å². The summed E-state index contributed by atoms with van der Waals surface area (Å²) < 4.78 is 5.61. The molecule has 1 aliphatic heterocycles. The van der Waals surface area contributed by atoms with Crippen LogP contribution in [0.5, 0.6) is 0 Å². The van der Waals surface area contributed by atoms with Crippen molar-refractivity contribution in [2.24, 2.45) is 5.92 Å². The molecule has 14 heavy (non-hydrogen) atoms. The Balaban J connectivity index is 0.00000196. The summed E-state index contributed by atoms with van der Waals surface area (Å²) in [4.78, 5) is 11.0. The molecule has 3 heteroatoms. The molecule has 0 aromatic rings. The molecule has 0 saturated carbocycles. The fraction of sp³-hybridized carbons (Fsp3) is 0.727. The highest BCUT2D eigenvalue weighted by Gasteiger charge is 2.32. The zero-order chi connectivity index (χ0) is 10.7. The molecule has 0 aliphatic carbocycles. The van der Waals surface area contributed by atoms with Crippen LogP contribution in [0.15, 0.2) is 12.2 Å². The van der Waals surface area contributed by atoms with Gasteiger partial charge in [0.15, 0.2) is 0 Å². The van der Waals surface area contributed by atoms with Crippen molar-refractivity contribution >= 4 is 5.91 Å². The van der Waals surface area contributed by atoms with Crippen molar-refractivity contribution in [2.45, 2.75) is 39.3 Å². The minimum Gasteiger partial charge on any atom is -0.372 e. The van der Waals surface area contributed by atoms with E-state index in [-0.39, 0.29) is 19.5 Å². The highest BCUT2D eigenvalue weighted by molar-refractivity contribution is 5.73. The number of ether oxygens (including phenoxy) is 1. The molecule has 1 heterocycles. The van der Waals surface area contributed by atoms with Gasteiger partial charge in [-0.15, -0.1) is 0 Å². The molecule has 0 aromatic heterocycles. The summed E-state index contributed by atoms with van der Waals surface area (Å²) >= 11 is 0. The highest BCUT2D eigenvalue weighted by Crippen LogP contribution is 2.24. The van der Waals surface area contributed by atoms with Gasteiger partial charge in [-0.1, -0.05) is 13.5 Å². The van der Waals surface area contributed by atoms with E-state index >= 15 is 0 Å². The minimum absolute atomic E-state index is 0. The third-order valence-electron chi connectivity index (χ3n) is 2.67. The van der Waals surface area contributed by atoms with Crippen molar-refractivity contribution in [1.82, 2.24) is 5.32 Å². The van der Waals surface area contributed by atoms with Crippen LogP contribution in [-0.4, -0.2) is 24.7 Å². The van der Waals surface area contributed by atoms with E-state index in [1.807, 2.05) is 6.92 Å². The van der Waals surface area contributed by atoms with Crippen LogP contribution in [0.4, 0.5) is 0 Å². The second-order valence-electron chi connectivity index (χ2n) is 4.13. The first-order valence-electron chi connectivity index (χ1n) is 5.06. The van der Waals surface area contributed by atoms with Gasteiger partial charge < -0.3 is 10.1 Å². The number of carbonyl (C=O) groups excluding carboxylic acids is 1. The lowest BCUT2D eigenvalue weighted by atomic mass is 9.88. The minimum atomic E-state index is -0.0253. The SMILES string of the molecule is C=C(C)[C@H]1OCC[C@H](C)[C@H]1NC(C)=O.[HH]. The van der Waals surface area contributed by atoms with Gasteiger partial charge in [0.05, 0.1) is 12.1 Å². The summed E-state index contributed by atoms with van der Waals surface area (Å²) in [6.07, 6.45) is 0.969. The Kier molecular flexibility index (Phi) is 3.69. The van der Waals surface area contributed by atoms with E-state index in [0.717, 1.165) is 18.6 Å². The van der Waals surface area contributed by atoms with E-state index < -0.39 is 0 Å².